The first-order valence-corrected chi connectivity index (χ1v) is 14.7. The highest BCUT2D eigenvalue weighted by atomic mass is 32.2. The predicted molar refractivity (Wildman–Crippen MR) is 140 cm³/mol. The van der Waals surface area contributed by atoms with Crippen molar-refractivity contribution in [2.24, 2.45) is 7.05 Å². The van der Waals surface area contributed by atoms with Crippen LogP contribution in [0.1, 0.15) is 39.0 Å². The fraction of sp³-hybridized carbons (Fsp3) is 0.600. The van der Waals surface area contributed by atoms with E-state index in [9.17, 15) is 23.1 Å². The zero-order valence-electron chi connectivity index (χ0n) is 22.2. The highest BCUT2D eigenvalue weighted by molar-refractivity contribution is 7.89. The van der Waals surface area contributed by atoms with Gasteiger partial charge >= 0.3 is 6.03 Å². The summed E-state index contributed by atoms with van der Waals surface area (Å²) in [5, 5.41) is 20.5. The minimum atomic E-state index is -4.18. The first-order chi connectivity index (χ1) is 18.6. The van der Waals surface area contributed by atoms with Crippen LogP contribution in [-0.4, -0.2) is 99.9 Å². The van der Waals surface area contributed by atoms with Crippen molar-refractivity contribution in [2.75, 3.05) is 32.8 Å². The number of hydrogen-bond acceptors (Lipinski definition) is 8. The molecular weight excluding hydrogens is 526 g/mol. The number of aliphatic hydroxyl groups excluding tert-OH is 1. The lowest BCUT2D eigenvalue weighted by atomic mass is 9.84. The second-order valence-electron chi connectivity index (χ2n) is 10.4. The molecule has 0 bridgehead atoms. The monoisotopic (exact) mass is 561 g/mol. The summed E-state index contributed by atoms with van der Waals surface area (Å²) in [6.07, 6.45) is 2.69. The van der Waals surface area contributed by atoms with Crippen LogP contribution in [0, 0.1) is 0 Å². The van der Waals surface area contributed by atoms with E-state index in [0.717, 1.165) is 10.7 Å². The van der Waals surface area contributed by atoms with Gasteiger partial charge in [0.1, 0.15) is 23.0 Å². The van der Waals surface area contributed by atoms with Crippen LogP contribution in [0.5, 0.6) is 5.75 Å². The summed E-state index contributed by atoms with van der Waals surface area (Å²) in [4.78, 5) is 32.0. The van der Waals surface area contributed by atoms with Gasteiger partial charge in [-0.25, -0.2) is 22.9 Å². The number of aromatic nitrogens is 3. The van der Waals surface area contributed by atoms with Gasteiger partial charge in [0.05, 0.1) is 12.7 Å². The highest BCUT2D eigenvalue weighted by Crippen LogP contribution is 2.37. The van der Waals surface area contributed by atoms with Gasteiger partial charge in [0, 0.05) is 57.2 Å². The first kappa shape index (κ1) is 27.3. The van der Waals surface area contributed by atoms with Crippen LogP contribution in [0.25, 0.3) is 11.4 Å². The third-order valence-corrected chi connectivity index (χ3v) is 9.71. The minimum absolute atomic E-state index is 0.0000937. The van der Waals surface area contributed by atoms with Crippen LogP contribution < -0.4 is 15.4 Å². The first-order valence-electron chi connectivity index (χ1n) is 13.3. The van der Waals surface area contributed by atoms with Crippen LogP contribution in [0.2, 0.25) is 0 Å². The Kier molecular flexibility index (Phi) is 7.53. The van der Waals surface area contributed by atoms with Gasteiger partial charge in [-0.05, 0) is 37.5 Å². The van der Waals surface area contributed by atoms with E-state index in [4.69, 9.17) is 4.74 Å². The number of fused-ring (bicyclic) bond motifs is 2. The number of hydrogen-bond donors (Lipinski definition) is 3. The molecule has 1 aromatic heterocycles. The highest BCUT2D eigenvalue weighted by Gasteiger charge is 2.47. The molecule has 2 fully saturated rings. The van der Waals surface area contributed by atoms with E-state index in [1.54, 1.807) is 28.8 Å². The molecule has 0 saturated carbocycles. The van der Waals surface area contributed by atoms with E-state index in [1.807, 2.05) is 6.92 Å². The predicted octanol–water partition coefficient (Wildman–Crippen LogP) is 0.459. The van der Waals surface area contributed by atoms with Crippen LogP contribution >= 0.6 is 0 Å². The maximum atomic E-state index is 13.8. The Morgan fingerprint density at radius 1 is 1.28 bits per heavy atom. The van der Waals surface area contributed by atoms with Crippen molar-refractivity contribution in [3.05, 3.63) is 24.5 Å². The van der Waals surface area contributed by atoms with Crippen molar-refractivity contribution < 1.29 is 27.9 Å². The van der Waals surface area contributed by atoms with Gasteiger partial charge < -0.3 is 25.4 Å². The van der Waals surface area contributed by atoms with E-state index >= 15 is 0 Å². The molecule has 3 aliphatic heterocycles. The molecule has 2 saturated heterocycles. The Balaban J connectivity index is 1.48. The lowest BCUT2D eigenvalue weighted by Gasteiger charge is -2.43. The van der Waals surface area contributed by atoms with E-state index in [-0.39, 0.29) is 36.2 Å². The third kappa shape index (κ3) is 5.32. The SMILES string of the molecule is CCCNC(=O)N1CCC2(CCOc3cc(-c4ncnn4C)ccc3S(=O)(=O)N3C[C@H](O)C[C@H]3C(=O)N2)CC1. The third-order valence-electron chi connectivity index (χ3n) is 7.80. The molecule has 39 heavy (non-hydrogen) atoms. The molecule has 212 valence electrons. The summed E-state index contributed by atoms with van der Waals surface area (Å²) >= 11 is 0. The number of likely N-dealkylation sites (tertiary alicyclic amines) is 1. The summed E-state index contributed by atoms with van der Waals surface area (Å²) in [5.74, 6) is 0.249. The molecular formula is C25H35N7O6S. The molecule has 0 unspecified atom stereocenters. The van der Waals surface area contributed by atoms with E-state index in [0.29, 0.717) is 50.3 Å². The van der Waals surface area contributed by atoms with Gasteiger partial charge in [-0.3, -0.25) is 4.79 Å². The number of rotatable bonds is 3. The molecule has 14 heteroatoms. The molecule has 3 N–H and O–H groups in total. The lowest BCUT2D eigenvalue weighted by Crippen LogP contribution is -2.60. The normalized spacial score (nSPS) is 24.7. The smallest absolute Gasteiger partial charge is 0.317 e. The fourth-order valence-corrected chi connectivity index (χ4v) is 7.32. The van der Waals surface area contributed by atoms with Crippen molar-refractivity contribution >= 4 is 22.0 Å². The summed E-state index contributed by atoms with van der Waals surface area (Å²) < 4.78 is 36.5. The molecule has 13 nitrogen and oxygen atoms in total. The topological polar surface area (TPSA) is 159 Å². The molecule has 3 amide bonds. The van der Waals surface area contributed by atoms with Crippen LogP contribution in [0.15, 0.2) is 29.4 Å². The summed E-state index contributed by atoms with van der Waals surface area (Å²) in [5.41, 5.74) is -0.0556. The van der Waals surface area contributed by atoms with Crippen molar-refractivity contribution in [3.8, 4) is 17.1 Å². The van der Waals surface area contributed by atoms with E-state index in [2.05, 4.69) is 20.7 Å². The van der Waals surface area contributed by atoms with Crippen LogP contribution in [0.4, 0.5) is 4.79 Å². The number of sulfonamides is 1. The Morgan fingerprint density at radius 2 is 2.05 bits per heavy atom. The molecule has 4 heterocycles. The van der Waals surface area contributed by atoms with Crippen LogP contribution in [0.3, 0.4) is 0 Å². The van der Waals surface area contributed by atoms with Gasteiger partial charge in [-0.2, -0.15) is 9.40 Å². The lowest BCUT2D eigenvalue weighted by molar-refractivity contribution is -0.127. The van der Waals surface area contributed by atoms with E-state index < -0.39 is 33.6 Å². The number of carbonyl (C=O) groups excluding carboxylic acids is 2. The summed E-state index contributed by atoms with van der Waals surface area (Å²) in [6, 6.07) is 3.52. The number of benzene rings is 1. The Hall–Kier alpha value is -3.23. The number of carbonyl (C=O) groups is 2. The number of amides is 3. The number of nitrogens with zero attached hydrogens (tertiary/aromatic N) is 5. The van der Waals surface area contributed by atoms with Gasteiger partial charge in [-0.15, -0.1) is 0 Å². The quantitative estimate of drug-likeness (QED) is 0.487. The minimum Gasteiger partial charge on any atom is -0.492 e. The van der Waals surface area contributed by atoms with Gasteiger partial charge in [-0.1, -0.05) is 6.92 Å². The summed E-state index contributed by atoms with van der Waals surface area (Å²) in [6.45, 7) is 3.43. The van der Waals surface area contributed by atoms with Crippen molar-refractivity contribution in [1.29, 1.82) is 0 Å². The average Bonchev–Trinajstić information content (AvgIpc) is 3.53. The zero-order chi connectivity index (χ0) is 27.8. The van der Waals surface area contributed by atoms with E-state index in [1.165, 1.54) is 12.4 Å². The van der Waals surface area contributed by atoms with Gasteiger partial charge in [0.2, 0.25) is 15.9 Å². The number of nitrogens with one attached hydrogen (secondary N) is 2. The van der Waals surface area contributed by atoms with Crippen molar-refractivity contribution in [2.45, 2.75) is 61.6 Å². The maximum absolute atomic E-state index is 13.8. The molecule has 5 rings (SSSR count). The molecule has 2 atom stereocenters. The standard InChI is InChI=1S/C25H35N7O6S/c1-3-9-26-24(35)31-10-6-25(7-11-31)8-12-38-20-13-17(22-27-16-28-30(22)2)4-5-21(20)39(36,37)32-15-18(33)14-19(32)23(34)29-25/h4-5,13,16,18-19,33H,3,6-12,14-15H2,1-2H3,(H,26,35)(H,29,34)/t18-,19+/m1/s1. The molecule has 3 aliphatic rings. The zero-order valence-corrected chi connectivity index (χ0v) is 23.0. The maximum Gasteiger partial charge on any atom is 0.317 e. The molecule has 0 aliphatic carbocycles. The number of piperidine rings is 1. The molecule has 0 radical (unpaired) electrons. The molecule has 2 aromatic rings. The average molecular weight is 562 g/mol. The van der Waals surface area contributed by atoms with Crippen LogP contribution in [-0.2, 0) is 21.9 Å². The fourth-order valence-electron chi connectivity index (χ4n) is 5.57. The molecule has 1 spiro atoms. The molecule has 1 aromatic carbocycles. The Bertz CT molecular complexity index is 1340. The number of ether oxygens (including phenoxy) is 1. The van der Waals surface area contributed by atoms with Gasteiger partial charge in [0.15, 0.2) is 5.82 Å². The number of urea groups is 1. The second-order valence-corrected chi connectivity index (χ2v) is 12.3. The van der Waals surface area contributed by atoms with Crippen molar-refractivity contribution in [1.82, 2.24) is 34.6 Å². The number of aliphatic hydroxyl groups is 1. The second kappa shape index (κ2) is 10.7. The number of aryl methyl sites for hydroxylation is 1. The van der Waals surface area contributed by atoms with Crippen molar-refractivity contribution in [3.63, 3.8) is 0 Å². The van der Waals surface area contributed by atoms with Gasteiger partial charge in [0.25, 0.3) is 0 Å². The summed E-state index contributed by atoms with van der Waals surface area (Å²) in [7, 11) is -2.45. The largest absolute Gasteiger partial charge is 0.492 e. The Labute approximate surface area is 227 Å². The Morgan fingerprint density at radius 3 is 2.74 bits per heavy atom.